The average molecular weight is 723 g/mol. The van der Waals surface area contributed by atoms with E-state index in [-0.39, 0.29) is 16.5 Å². The molecule has 0 saturated heterocycles. The predicted octanol–water partition coefficient (Wildman–Crippen LogP) is 6.23. The number of carbonyl (C=O) groups is 3. The van der Waals surface area contributed by atoms with Crippen LogP contribution >= 0.6 is 11.8 Å². The van der Waals surface area contributed by atoms with Crippen LogP contribution in [0.2, 0.25) is 0 Å². The Morgan fingerprint density at radius 2 is 1.35 bits per heavy atom. The third kappa shape index (κ3) is 9.85. The molecular formula is C38H34N4O7S2. The molecule has 0 bridgehead atoms. The first-order chi connectivity index (χ1) is 24.5. The number of carbonyl (C=O) groups excluding carboxylic acids is 3. The molecule has 0 fully saturated rings. The first-order valence-electron chi connectivity index (χ1n) is 15.4. The van der Waals surface area contributed by atoms with Crippen molar-refractivity contribution in [1.82, 2.24) is 5.32 Å². The van der Waals surface area contributed by atoms with Crippen LogP contribution in [0.5, 0.6) is 11.5 Å². The van der Waals surface area contributed by atoms with Crippen molar-refractivity contribution in [2.75, 3.05) is 24.9 Å². The minimum Gasteiger partial charge on any atom is -0.497 e. The van der Waals surface area contributed by atoms with Gasteiger partial charge in [-0.05, 0) is 90.5 Å². The number of nitrogens with one attached hydrogen (secondary N) is 3. The summed E-state index contributed by atoms with van der Waals surface area (Å²) < 4.78 is 34.1. The molecule has 0 aromatic heterocycles. The third-order valence-electron chi connectivity index (χ3n) is 7.42. The van der Waals surface area contributed by atoms with E-state index in [1.165, 1.54) is 56.3 Å². The molecular weight excluding hydrogens is 689 g/mol. The van der Waals surface area contributed by atoms with Crippen LogP contribution in [0.3, 0.4) is 0 Å². The lowest BCUT2D eigenvalue weighted by Crippen LogP contribution is -2.30. The number of amides is 3. The number of nitrogens with two attached hydrogens (primary N) is 1. The summed E-state index contributed by atoms with van der Waals surface area (Å²) in [6.45, 7) is 0. The van der Waals surface area contributed by atoms with E-state index in [0.717, 1.165) is 10.5 Å². The van der Waals surface area contributed by atoms with Crippen LogP contribution in [0.1, 0.15) is 26.7 Å². The molecule has 1 atom stereocenters. The highest BCUT2D eigenvalue weighted by Gasteiger charge is 2.23. The highest BCUT2D eigenvalue weighted by atomic mass is 32.2. The number of ether oxygens (including phenoxy) is 2. The molecule has 3 amide bonds. The molecule has 1 unspecified atom stereocenters. The second kappa shape index (κ2) is 16.7. The van der Waals surface area contributed by atoms with Gasteiger partial charge in [0.25, 0.3) is 11.8 Å². The Labute approximate surface area is 299 Å². The average Bonchev–Trinajstić information content (AvgIpc) is 3.14. The molecule has 0 spiro atoms. The Morgan fingerprint density at radius 1 is 0.745 bits per heavy atom. The van der Waals surface area contributed by atoms with Crippen molar-refractivity contribution in [3.05, 3.63) is 150 Å². The topological polar surface area (TPSA) is 166 Å². The molecule has 0 radical (unpaired) electrons. The van der Waals surface area contributed by atoms with Crippen LogP contribution in [0.4, 0.5) is 11.4 Å². The molecule has 0 heterocycles. The first-order valence-corrected chi connectivity index (χ1v) is 17.8. The van der Waals surface area contributed by atoms with Gasteiger partial charge in [-0.3, -0.25) is 14.4 Å². The Bertz CT molecular complexity index is 2140. The monoisotopic (exact) mass is 722 g/mol. The van der Waals surface area contributed by atoms with Crippen molar-refractivity contribution < 1.29 is 32.3 Å². The number of hydrogen-bond donors (Lipinski definition) is 4. The van der Waals surface area contributed by atoms with E-state index in [9.17, 15) is 22.8 Å². The Hall–Kier alpha value is -5.89. The zero-order valence-electron chi connectivity index (χ0n) is 27.5. The molecule has 5 rings (SSSR count). The predicted molar refractivity (Wildman–Crippen MR) is 198 cm³/mol. The second-order valence-electron chi connectivity index (χ2n) is 10.9. The van der Waals surface area contributed by atoms with Crippen LogP contribution < -0.4 is 30.6 Å². The van der Waals surface area contributed by atoms with Crippen molar-refractivity contribution in [2.45, 2.75) is 15.0 Å². The van der Waals surface area contributed by atoms with Gasteiger partial charge in [-0.2, -0.15) is 0 Å². The number of rotatable bonds is 13. The molecule has 0 aliphatic heterocycles. The molecule has 0 aliphatic carbocycles. The van der Waals surface area contributed by atoms with Gasteiger partial charge in [0.2, 0.25) is 15.9 Å². The van der Waals surface area contributed by atoms with Crippen molar-refractivity contribution in [3.63, 3.8) is 0 Å². The van der Waals surface area contributed by atoms with Gasteiger partial charge >= 0.3 is 0 Å². The van der Waals surface area contributed by atoms with E-state index in [1.807, 2.05) is 30.3 Å². The van der Waals surface area contributed by atoms with Crippen molar-refractivity contribution in [1.29, 1.82) is 0 Å². The van der Waals surface area contributed by atoms with Gasteiger partial charge in [0, 0.05) is 27.4 Å². The van der Waals surface area contributed by atoms with Gasteiger partial charge in [0.1, 0.15) is 22.4 Å². The lowest BCUT2D eigenvalue weighted by atomic mass is 10.1. The SMILES string of the molecule is COc1ccc(OC)c(/C=C(\NC(=O)c2ccccc2)C(=O)Nc2ccc(SC(C(=O)Nc3ccc(S(N)(=O)=O)cc3)c3ccccc3)cc2)c1. The normalized spacial score (nSPS) is 11.9. The van der Waals surface area contributed by atoms with Crippen LogP contribution in [0.25, 0.3) is 6.08 Å². The maximum Gasteiger partial charge on any atom is 0.272 e. The summed E-state index contributed by atoms with van der Waals surface area (Å²) in [7, 11) is -0.853. The standard InChI is InChI=1S/C38H34N4O7S2/c1-48-30-17-22-34(49-2)27(23-30)24-33(42-36(43)26-11-7-4-8-12-26)37(44)40-28-13-18-31(19-14-28)50-35(25-9-5-3-6-10-25)38(45)41-29-15-20-32(21-16-29)51(39,46)47/h3-24,35H,1-2H3,(H,40,44)(H,41,45)(H,42,43)(H2,39,46,47)/b33-24-. The maximum absolute atomic E-state index is 13.7. The van der Waals surface area contributed by atoms with E-state index in [4.69, 9.17) is 14.6 Å². The third-order valence-corrected chi connectivity index (χ3v) is 9.62. The maximum atomic E-state index is 13.7. The van der Waals surface area contributed by atoms with E-state index in [2.05, 4.69) is 16.0 Å². The minimum atomic E-state index is -3.88. The number of primary sulfonamides is 1. The fourth-order valence-electron chi connectivity index (χ4n) is 4.84. The van der Waals surface area contributed by atoms with Crippen LogP contribution in [-0.2, 0) is 19.6 Å². The number of benzene rings is 5. The Morgan fingerprint density at radius 3 is 1.96 bits per heavy atom. The van der Waals surface area contributed by atoms with E-state index in [0.29, 0.717) is 34.0 Å². The van der Waals surface area contributed by atoms with E-state index < -0.39 is 27.1 Å². The molecule has 5 aromatic carbocycles. The smallest absolute Gasteiger partial charge is 0.272 e. The fourth-order valence-corrected chi connectivity index (χ4v) is 6.38. The molecule has 11 nitrogen and oxygen atoms in total. The van der Waals surface area contributed by atoms with Crippen LogP contribution in [0.15, 0.2) is 143 Å². The molecule has 0 saturated carbocycles. The summed E-state index contributed by atoms with van der Waals surface area (Å²) in [5.41, 5.74) is 2.43. The quantitative estimate of drug-likeness (QED) is 0.0820. The van der Waals surface area contributed by atoms with Crippen molar-refractivity contribution in [2.24, 2.45) is 5.14 Å². The second-order valence-corrected chi connectivity index (χ2v) is 13.7. The van der Waals surface area contributed by atoms with Gasteiger partial charge in [-0.15, -0.1) is 11.8 Å². The van der Waals surface area contributed by atoms with Gasteiger partial charge in [-0.1, -0.05) is 48.5 Å². The summed E-state index contributed by atoms with van der Waals surface area (Å²) in [6, 6.07) is 35.3. The van der Waals surface area contributed by atoms with Crippen LogP contribution in [0, 0.1) is 0 Å². The zero-order chi connectivity index (χ0) is 36.4. The zero-order valence-corrected chi connectivity index (χ0v) is 29.2. The van der Waals surface area contributed by atoms with Crippen molar-refractivity contribution in [3.8, 4) is 11.5 Å². The molecule has 13 heteroatoms. The highest BCUT2D eigenvalue weighted by molar-refractivity contribution is 8.00. The summed E-state index contributed by atoms with van der Waals surface area (Å²) >= 11 is 1.29. The Kier molecular flexibility index (Phi) is 11.9. The number of sulfonamides is 1. The number of anilines is 2. The Balaban J connectivity index is 1.36. The lowest BCUT2D eigenvalue weighted by molar-refractivity contribution is -0.116. The molecule has 0 aliphatic rings. The summed E-state index contributed by atoms with van der Waals surface area (Å²) in [6.07, 6.45) is 1.51. The number of hydrogen-bond acceptors (Lipinski definition) is 8. The van der Waals surface area contributed by atoms with Gasteiger partial charge in [0.15, 0.2) is 0 Å². The molecule has 260 valence electrons. The number of thioether (sulfide) groups is 1. The number of methoxy groups -OCH3 is 2. The highest BCUT2D eigenvalue weighted by Crippen LogP contribution is 2.37. The van der Waals surface area contributed by atoms with Crippen molar-refractivity contribution >= 4 is 57.0 Å². The van der Waals surface area contributed by atoms with Crippen LogP contribution in [-0.4, -0.2) is 40.4 Å². The first kappa shape index (κ1) is 36.4. The van der Waals surface area contributed by atoms with E-state index in [1.54, 1.807) is 72.8 Å². The summed E-state index contributed by atoms with van der Waals surface area (Å²) in [4.78, 5) is 41.0. The summed E-state index contributed by atoms with van der Waals surface area (Å²) in [5, 5.41) is 12.9. The van der Waals surface area contributed by atoms with Gasteiger partial charge in [0.05, 0.1) is 19.1 Å². The van der Waals surface area contributed by atoms with Gasteiger partial charge in [-0.25, -0.2) is 13.6 Å². The molecule has 5 aromatic rings. The molecule has 5 N–H and O–H groups in total. The lowest BCUT2D eigenvalue weighted by Gasteiger charge is -2.18. The van der Waals surface area contributed by atoms with E-state index >= 15 is 0 Å². The largest absolute Gasteiger partial charge is 0.497 e. The molecule has 51 heavy (non-hydrogen) atoms. The minimum absolute atomic E-state index is 0.0354. The fraction of sp³-hybridized carbons (Fsp3) is 0.0789. The summed E-state index contributed by atoms with van der Waals surface area (Å²) in [5.74, 6) is -0.389. The van der Waals surface area contributed by atoms with Gasteiger partial charge < -0.3 is 25.4 Å².